The number of aromatic nitrogens is 6. The zero-order chi connectivity index (χ0) is 26.7. The van der Waals surface area contributed by atoms with Gasteiger partial charge in [0.05, 0.1) is 31.9 Å². The molecule has 0 N–H and O–H groups in total. The fraction of sp³-hybridized carbons (Fsp3) is 0.348. The zero-order valence-corrected chi connectivity index (χ0v) is 22.4. The number of rotatable bonds is 10. The molecule has 0 radical (unpaired) electrons. The van der Waals surface area contributed by atoms with Crippen LogP contribution < -0.4 is 9.47 Å². The maximum atomic E-state index is 13.6. The fourth-order valence-electron chi connectivity index (χ4n) is 3.77. The second-order valence-electron chi connectivity index (χ2n) is 8.01. The summed E-state index contributed by atoms with van der Waals surface area (Å²) in [6.45, 7) is 3.32. The van der Waals surface area contributed by atoms with E-state index in [4.69, 9.17) is 14.2 Å². The molecule has 0 saturated heterocycles. The summed E-state index contributed by atoms with van der Waals surface area (Å²) in [4.78, 5) is 12.3. The molecule has 3 heterocycles. The van der Waals surface area contributed by atoms with E-state index in [2.05, 4.69) is 25.1 Å². The number of nitrogens with zero attached hydrogens (tertiary/aromatic N) is 6. The highest BCUT2D eigenvalue weighted by atomic mass is 32.2. The minimum atomic E-state index is -3.94. The largest absolute Gasteiger partial charge is 0.494 e. The smallest absolute Gasteiger partial charge is 0.197 e. The summed E-state index contributed by atoms with van der Waals surface area (Å²) < 4.78 is 58.7. The molecule has 4 rings (SSSR count). The molecule has 0 saturated carbocycles. The number of para-hydroxylation sites is 1. The molecule has 1 aromatic carbocycles. The van der Waals surface area contributed by atoms with Gasteiger partial charge >= 0.3 is 0 Å². The van der Waals surface area contributed by atoms with Crippen LogP contribution in [0.4, 0.5) is 4.39 Å². The third-order valence-corrected chi connectivity index (χ3v) is 8.63. The third kappa shape index (κ3) is 5.31. The van der Waals surface area contributed by atoms with Crippen molar-refractivity contribution in [1.82, 2.24) is 29.7 Å². The first-order valence-corrected chi connectivity index (χ1v) is 13.6. The summed E-state index contributed by atoms with van der Waals surface area (Å²) in [5.41, 5.74) is 1.22. The van der Waals surface area contributed by atoms with Crippen molar-refractivity contribution in [3.63, 3.8) is 0 Å². The van der Waals surface area contributed by atoms with Crippen molar-refractivity contribution in [3.05, 3.63) is 59.1 Å². The predicted molar refractivity (Wildman–Crippen MR) is 134 cm³/mol. The van der Waals surface area contributed by atoms with Crippen molar-refractivity contribution in [1.29, 1.82) is 0 Å². The summed E-state index contributed by atoms with van der Waals surface area (Å²) in [6.07, 6.45) is 0.880. The Morgan fingerprint density at radius 2 is 1.73 bits per heavy atom. The number of aryl methyl sites for hydroxylation is 1. The van der Waals surface area contributed by atoms with Crippen LogP contribution in [0, 0.1) is 12.7 Å². The lowest BCUT2D eigenvalue weighted by molar-refractivity contribution is 0.0946. The van der Waals surface area contributed by atoms with Crippen molar-refractivity contribution >= 4 is 21.2 Å². The summed E-state index contributed by atoms with van der Waals surface area (Å²) in [7, 11) is 0.405. The van der Waals surface area contributed by atoms with Gasteiger partial charge < -0.3 is 14.2 Å². The molecule has 0 fully saturated rings. The lowest BCUT2D eigenvalue weighted by Crippen LogP contribution is -2.30. The van der Waals surface area contributed by atoms with E-state index in [1.165, 1.54) is 39.6 Å². The molecule has 0 aliphatic rings. The second kappa shape index (κ2) is 10.9. The number of ether oxygens (including phenoxy) is 3. The first kappa shape index (κ1) is 26.6. The Kier molecular flexibility index (Phi) is 7.80. The molecule has 0 unspecified atom stereocenters. The maximum Gasteiger partial charge on any atom is 0.197 e. The van der Waals surface area contributed by atoms with Gasteiger partial charge in [0.15, 0.2) is 38.1 Å². The summed E-state index contributed by atoms with van der Waals surface area (Å²) >= 11 is 1.35. The van der Waals surface area contributed by atoms with Gasteiger partial charge in [-0.05, 0) is 26.0 Å². The lowest BCUT2D eigenvalue weighted by Gasteiger charge is -2.22. The molecule has 0 spiro atoms. The van der Waals surface area contributed by atoms with Crippen LogP contribution in [-0.2, 0) is 20.3 Å². The number of sulfone groups is 1. The fourth-order valence-corrected chi connectivity index (χ4v) is 5.96. The molecule has 14 heteroatoms. The van der Waals surface area contributed by atoms with Gasteiger partial charge in [-0.25, -0.2) is 27.8 Å². The van der Waals surface area contributed by atoms with E-state index in [0.29, 0.717) is 28.0 Å². The van der Waals surface area contributed by atoms with Crippen LogP contribution in [0.1, 0.15) is 30.4 Å². The molecule has 4 aromatic rings. The SMILES string of the molecule is COc1cccc(OC)c1-n1c(CS(=O)(=O)[C@@H](C)[C@H](OC)c2ncc(F)cn2)nnc1-c1nc(C)cs1. The monoisotopic (exact) mass is 548 g/mol. The Labute approximate surface area is 217 Å². The minimum Gasteiger partial charge on any atom is -0.494 e. The molecule has 2 atom stereocenters. The first-order chi connectivity index (χ1) is 17.7. The van der Waals surface area contributed by atoms with E-state index in [1.807, 2.05) is 12.3 Å². The number of benzene rings is 1. The van der Waals surface area contributed by atoms with Gasteiger partial charge in [0.25, 0.3) is 0 Å². The number of hydrogen-bond donors (Lipinski definition) is 0. The molecule has 3 aromatic heterocycles. The van der Waals surface area contributed by atoms with Gasteiger partial charge in [0, 0.05) is 18.2 Å². The number of hydrogen-bond acceptors (Lipinski definition) is 11. The van der Waals surface area contributed by atoms with Crippen molar-refractivity contribution in [2.45, 2.75) is 31.0 Å². The average Bonchev–Trinajstić information content (AvgIpc) is 3.50. The summed E-state index contributed by atoms with van der Waals surface area (Å²) in [6, 6.07) is 5.20. The van der Waals surface area contributed by atoms with Gasteiger partial charge in [-0.1, -0.05) is 6.07 Å². The number of methoxy groups -OCH3 is 3. The highest BCUT2D eigenvalue weighted by molar-refractivity contribution is 7.91. The molecule has 0 aliphatic carbocycles. The quantitative estimate of drug-likeness (QED) is 0.291. The van der Waals surface area contributed by atoms with Gasteiger partial charge in [-0.15, -0.1) is 21.5 Å². The van der Waals surface area contributed by atoms with E-state index < -0.39 is 32.8 Å². The topological polar surface area (TPSA) is 131 Å². The number of thiazole rings is 1. The predicted octanol–water partition coefficient (Wildman–Crippen LogP) is 3.34. The normalized spacial score (nSPS) is 13.4. The first-order valence-electron chi connectivity index (χ1n) is 11.0. The molecule has 37 heavy (non-hydrogen) atoms. The minimum absolute atomic E-state index is 0.0480. The van der Waals surface area contributed by atoms with Crippen LogP contribution >= 0.6 is 11.3 Å². The van der Waals surface area contributed by atoms with E-state index in [9.17, 15) is 12.8 Å². The molecule has 0 aliphatic heterocycles. The maximum absolute atomic E-state index is 13.6. The zero-order valence-electron chi connectivity index (χ0n) is 20.7. The van der Waals surface area contributed by atoms with Crippen LogP contribution in [0.15, 0.2) is 36.0 Å². The van der Waals surface area contributed by atoms with E-state index in [-0.39, 0.29) is 11.6 Å². The Balaban J connectivity index is 1.82. The van der Waals surface area contributed by atoms with Crippen LogP contribution in [0.5, 0.6) is 11.5 Å². The lowest BCUT2D eigenvalue weighted by atomic mass is 10.2. The van der Waals surface area contributed by atoms with Gasteiger partial charge in [0.2, 0.25) is 0 Å². The van der Waals surface area contributed by atoms with E-state index >= 15 is 0 Å². The van der Waals surface area contributed by atoms with Crippen molar-refractivity contribution in [2.24, 2.45) is 0 Å². The van der Waals surface area contributed by atoms with E-state index in [0.717, 1.165) is 18.1 Å². The van der Waals surface area contributed by atoms with Crippen molar-refractivity contribution < 1.29 is 27.0 Å². The van der Waals surface area contributed by atoms with E-state index in [1.54, 1.807) is 22.8 Å². The van der Waals surface area contributed by atoms with Crippen LogP contribution in [0.3, 0.4) is 0 Å². The number of halogens is 1. The molecular weight excluding hydrogens is 523 g/mol. The van der Waals surface area contributed by atoms with Crippen LogP contribution in [0.2, 0.25) is 0 Å². The Morgan fingerprint density at radius 3 is 2.27 bits per heavy atom. The standard InChI is InChI=1S/C23H25FN6O5S2/c1-13-11-36-23(27-13)22-29-28-18(30(22)19-16(33-3)7-6-8-17(19)34-4)12-37(31,32)14(2)20(35-5)21-25-9-15(24)10-26-21/h6-11,14,20H,12H2,1-5H3/t14-,20-/m0/s1. The Bertz CT molecular complexity index is 1470. The average molecular weight is 549 g/mol. The second-order valence-corrected chi connectivity index (χ2v) is 11.2. The van der Waals surface area contributed by atoms with Crippen molar-refractivity contribution in [2.75, 3.05) is 21.3 Å². The van der Waals surface area contributed by atoms with Crippen molar-refractivity contribution in [3.8, 4) is 28.0 Å². The van der Waals surface area contributed by atoms with Crippen LogP contribution in [0.25, 0.3) is 16.5 Å². The van der Waals surface area contributed by atoms with Gasteiger partial charge in [0.1, 0.15) is 29.0 Å². The molecule has 196 valence electrons. The third-order valence-electron chi connectivity index (χ3n) is 5.64. The van der Waals surface area contributed by atoms with Crippen LogP contribution in [-0.4, -0.2) is 64.7 Å². The Hall–Kier alpha value is -3.49. The van der Waals surface area contributed by atoms with Gasteiger partial charge in [-0.3, -0.25) is 4.57 Å². The summed E-state index contributed by atoms with van der Waals surface area (Å²) in [5.74, 6) is 0.207. The molecule has 0 amide bonds. The summed E-state index contributed by atoms with van der Waals surface area (Å²) in [5, 5.41) is 9.83. The Morgan fingerprint density at radius 1 is 1.08 bits per heavy atom. The highest BCUT2D eigenvalue weighted by Crippen LogP contribution is 2.37. The molecule has 0 bridgehead atoms. The molecular formula is C23H25FN6O5S2. The van der Waals surface area contributed by atoms with Gasteiger partial charge in [-0.2, -0.15) is 0 Å². The highest BCUT2D eigenvalue weighted by Gasteiger charge is 2.35. The molecule has 11 nitrogen and oxygen atoms in total.